The van der Waals surface area contributed by atoms with Crippen molar-refractivity contribution in [2.75, 3.05) is 5.32 Å². The molecule has 0 aromatic heterocycles. The van der Waals surface area contributed by atoms with Crippen molar-refractivity contribution in [1.82, 2.24) is 0 Å². The first-order valence-electron chi connectivity index (χ1n) is 7.79. The molecule has 0 radical (unpaired) electrons. The van der Waals surface area contributed by atoms with Gasteiger partial charge in [-0.05, 0) is 29.7 Å². The van der Waals surface area contributed by atoms with Gasteiger partial charge in [0.05, 0.1) is 0 Å². The van der Waals surface area contributed by atoms with Gasteiger partial charge in [-0.15, -0.1) is 0 Å². The lowest BCUT2D eigenvalue weighted by molar-refractivity contribution is -0.117. The summed E-state index contributed by atoms with van der Waals surface area (Å²) in [6.45, 7) is 1.95. The molecule has 0 aliphatic rings. The van der Waals surface area contributed by atoms with E-state index < -0.39 is 4.87 Å². The molecule has 3 rings (SSSR count). The van der Waals surface area contributed by atoms with Crippen molar-refractivity contribution in [3.63, 3.8) is 0 Å². The van der Waals surface area contributed by atoms with Crippen LogP contribution in [0, 0.1) is 6.92 Å². The summed E-state index contributed by atoms with van der Waals surface area (Å²) in [5.41, 5.74) is 3.23. The number of rotatable bonds is 4. The van der Waals surface area contributed by atoms with E-state index in [-0.39, 0.29) is 5.91 Å². The van der Waals surface area contributed by atoms with Crippen LogP contribution in [-0.4, -0.2) is 5.91 Å². The van der Waals surface area contributed by atoms with E-state index in [1.165, 1.54) is 0 Å². The number of hydrogen-bond donors (Lipinski definition) is 1. The van der Waals surface area contributed by atoms with Crippen LogP contribution >= 0.6 is 11.6 Å². The third-order valence-corrected chi connectivity index (χ3v) is 4.66. The monoisotopic (exact) mass is 335 g/mol. The molecule has 24 heavy (non-hydrogen) atoms. The lowest BCUT2D eigenvalue weighted by atomic mass is 9.89. The standard InChI is InChI=1S/C21H18ClNO/c1-16-10-8-9-15-19(16)23-20(24)21(22,17-11-4-2-5-12-17)18-13-6-3-7-14-18/h2-15H,1H3,(H,23,24). The minimum absolute atomic E-state index is 0.268. The van der Waals surface area contributed by atoms with Crippen LogP contribution in [0.1, 0.15) is 16.7 Å². The number of anilines is 1. The molecule has 0 saturated carbocycles. The molecule has 2 nitrogen and oxygen atoms in total. The van der Waals surface area contributed by atoms with E-state index in [9.17, 15) is 4.79 Å². The van der Waals surface area contributed by atoms with Gasteiger partial charge in [0.25, 0.3) is 5.91 Å². The van der Waals surface area contributed by atoms with Gasteiger partial charge in [0, 0.05) is 5.69 Å². The van der Waals surface area contributed by atoms with Gasteiger partial charge in [0.1, 0.15) is 0 Å². The lowest BCUT2D eigenvalue weighted by Crippen LogP contribution is -2.36. The normalized spacial score (nSPS) is 11.1. The van der Waals surface area contributed by atoms with Crippen LogP contribution in [0.3, 0.4) is 0 Å². The van der Waals surface area contributed by atoms with Crippen LogP contribution in [0.15, 0.2) is 84.9 Å². The van der Waals surface area contributed by atoms with Crippen LogP contribution in [-0.2, 0) is 9.67 Å². The molecular weight excluding hydrogens is 318 g/mol. The van der Waals surface area contributed by atoms with Crippen LogP contribution in [0.2, 0.25) is 0 Å². The minimum atomic E-state index is -1.29. The Kier molecular flexibility index (Phi) is 4.68. The third-order valence-electron chi connectivity index (χ3n) is 4.05. The van der Waals surface area contributed by atoms with Crippen LogP contribution in [0.5, 0.6) is 0 Å². The Bertz CT molecular complexity index is 791. The van der Waals surface area contributed by atoms with Crippen LogP contribution in [0.4, 0.5) is 5.69 Å². The first kappa shape index (κ1) is 16.3. The van der Waals surface area contributed by atoms with Crippen molar-refractivity contribution >= 4 is 23.2 Å². The molecule has 0 bridgehead atoms. The summed E-state index contributed by atoms with van der Waals surface area (Å²) >= 11 is 6.93. The van der Waals surface area contributed by atoms with Crippen molar-refractivity contribution in [3.05, 3.63) is 102 Å². The van der Waals surface area contributed by atoms with Crippen LogP contribution in [0.25, 0.3) is 0 Å². The van der Waals surface area contributed by atoms with Gasteiger partial charge in [0.15, 0.2) is 4.87 Å². The molecule has 0 fully saturated rings. The molecule has 1 N–H and O–H groups in total. The highest BCUT2D eigenvalue weighted by Gasteiger charge is 2.40. The molecule has 1 amide bonds. The number of alkyl halides is 1. The van der Waals surface area contributed by atoms with Crippen molar-refractivity contribution in [1.29, 1.82) is 0 Å². The van der Waals surface area contributed by atoms with E-state index >= 15 is 0 Å². The summed E-state index contributed by atoms with van der Waals surface area (Å²) < 4.78 is 0. The molecule has 3 heteroatoms. The fourth-order valence-corrected chi connectivity index (χ4v) is 2.99. The Labute approximate surface area is 147 Å². The second-order valence-corrected chi connectivity index (χ2v) is 6.23. The van der Waals surface area contributed by atoms with Gasteiger partial charge in [-0.25, -0.2) is 0 Å². The summed E-state index contributed by atoms with van der Waals surface area (Å²) in [6.07, 6.45) is 0. The van der Waals surface area contributed by atoms with E-state index in [0.717, 1.165) is 22.4 Å². The number of carbonyl (C=O) groups is 1. The number of hydrogen-bond acceptors (Lipinski definition) is 1. The average molecular weight is 336 g/mol. The highest BCUT2D eigenvalue weighted by Crippen LogP contribution is 2.38. The number of amides is 1. The molecule has 0 unspecified atom stereocenters. The van der Waals surface area contributed by atoms with Crippen molar-refractivity contribution in [3.8, 4) is 0 Å². The molecule has 120 valence electrons. The maximum absolute atomic E-state index is 13.1. The first-order valence-corrected chi connectivity index (χ1v) is 8.17. The first-order chi connectivity index (χ1) is 11.6. The molecule has 3 aromatic rings. The number of halogens is 1. The van der Waals surface area contributed by atoms with E-state index in [1.54, 1.807) is 0 Å². The molecule has 3 aromatic carbocycles. The zero-order valence-corrected chi connectivity index (χ0v) is 14.1. The fraction of sp³-hybridized carbons (Fsp3) is 0.0952. The van der Waals surface area contributed by atoms with Gasteiger partial charge >= 0.3 is 0 Å². The highest BCUT2D eigenvalue weighted by molar-refractivity contribution is 6.38. The Morgan fingerprint density at radius 3 is 1.75 bits per heavy atom. The number of carbonyl (C=O) groups excluding carboxylic acids is 1. The van der Waals surface area contributed by atoms with Crippen molar-refractivity contribution in [2.45, 2.75) is 11.8 Å². The topological polar surface area (TPSA) is 29.1 Å². The molecule has 0 heterocycles. The molecule has 0 saturated heterocycles. The number of nitrogens with one attached hydrogen (secondary N) is 1. The van der Waals surface area contributed by atoms with Crippen molar-refractivity contribution in [2.24, 2.45) is 0 Å². The van der Waals surface area contributed by atoms with E-state index in [2.05, 4.69) is 5.32 Å². The molecule has 0 aliphatic heterocycles. The highest BCUT2D eigenvalue weighted by atomic mass is 35.5. The fourth-order valence-electron chi connectivity index (χ4n) is 2.69. The SMILES string of the molecule is Cc1ccccc1NC(=O)C(Cl)(c1ccccc1)c1ccccc1. The summed E-state index contributed by atoms with van der Waals surface area (Å²) in [7, 11) is 0. The van der Waals surface area contributed by atoms with Crippen molar-refractivity contribution < 1.29 is 4.79 Å². The number of aryl methyl sites for hydroxylation is 1. The Balaban J connectivity index is 2.06. The average Bonchev–Trinajstić information content (AvgIpc) is 2.64. The van der Waals surface area contributed by atoms with Gasteiger partial charge in [-0.1, -0.05) is 90.5 Å². The zero-order chi connectivity index (χ0) is 17.0. The van der Waals surface area contributed by atoms with Gasteiger partial charge in [0.2, 0.25) is 0 Å². The maximum atomic E-state index is 13.1. The molecular formula is C21H18ClNO. The molecule has 0 spiro atoms. The van der Waals surface area contributed by atoms with E-state index in [1.807, 2.05) is 91.9 Å². The van der Waals surface area contributed by atoms with E-state index in [0.29, 0.717) is 0 Å². The molecule has 0 atom stereocenters. The maximum Gasteiger partial charge on any atom is 0.254 e. The Hall–Kier alpha value is -2.58. The number of benzene rings is 3. The summed E-state index contributed by atoms with van der Waals surface area (Å²) in [5.74, 6) is -0.268. The Morgan fingerprint density at radius 2 is 1.25 bits per heavy atom. The van der Waals surface area contributed by atoms with Gasteiger partial charge < -0.3 is 5.32 Å². The van der Waals surface area contributed by atoms with Gasteiger partial charge in [-0.3, -0.25) is 4.79 Å². The van der Waals surface area contributed by atoms with E-state index in [4.69, 9.17) is 11.6 Å². The minimum Gasteiger partial charge on any atom is -0.324 e. The zero-order valence-electron chi connectivity index (χ0n) is 13.4. The second-order valence-electron chi connectivity index (χ2n) is 5.66. The smallest absolute Gasteiger partial charge is 0.254 e. The summed E-state index contributed by atoms with van der Waals surface area (Å²) in [4.78, 5) is 11.9. The summed E-state index contributed by atoms with van der Waals surface area (Å²) in [6, 6.07) is 26.5. The van der Waals surface area contributed by atoms with Gasteiger partial charge in [-0.2, -0.15) is 0 Å². The third kappa shape index (κ3) is 3.06. The predicted octanol–water partition coefficient (Wildman–Crippen LogP) is 5.12. The quantitative estimate of drug-likeness (QED) is 0.659. The predicted molar refractivity (Wildman–Crippen MR) is 99.3 cm³/mol. The molecule has 0 aliphatic carbocycles. The Morgan fingerprint density at radius 1 is 0.792 bits per heavy atom. The largest absolute Gasteiger partial charge is 0.324 e. The summed E-state index contributed by atoms with van der Waals surface area (Å²) in [5, 5.41) is 2.98. The van der Waals surface area contributed by atoms with Crippen LogP contribution < -0.4 is 5.32 Å². The lowest BCUT2D eigenvalue weighted by Gasteiger charge is -2.27. The number of para-hydroxylation sites is 1. The second kappa shape index (κ2) is 6.90.